The average molecular weight is 333 g/mol. The van der Waals surface area contributed by atoms with Gasteiger partial charge in [0.2, 0.25) is 5.91 Å². The second kappa shape index (κ2) is 6.85. The Morgan fingerprint density at radius 2 is 1.72 bits per heavy atom. The topological polar surface area (TPSA) is 47.6 Å². The van der Waals surface area contributed by atoms with Crippen LogP contribution in [0.3, 0.4) is 0 Å². The van der Waals surface area contributed by atoms with Crippen LogP contribution < -0.4 is 14.8 Å². The summed E-state index contributed by atoms with van der Waals surface area (Å²) >= 11 is 0. The molecule has 0 atom stereocenters. The van der Waals surface area contributed by atoms with E-state index in [1.807, 2.05) is 42.5 Å². The molecule has 0 unspecified atom stereocenters. The molecule has 0 aromatic heterocycles. The molecule has 0 radical (unpaired) electrons. The Morgan fingerprint density at radius 3 is 2.64 bits per heavy atom. The number of rotatable bonds is 4. The van der Waals surface area contributed by atoms with E-state index in [1.165, 1.54) is 0 Å². The number of amides is 1. The van der Waals surface area contributed by atoms with Crippen molar-refractivity contribution in [1.82, 2.24) is 5.32 Å². The number of fused-ring (bicyclic) bond motifs is 2. The van der Waals surface area contributed by atoms with E-state index in [1.54, 1.807) is 0 Å². The summed E-state index contributed by atoms with van der Waals surface area (Å²) in [4.78, 5) is 12.4. The van der Waals surface area contributed by atoms with Gasteiger partial charge in [-0.25, -0.2) is 0 Å². The highest BCUT2D eigenvalue weighted by atomic mass is 16.6. The molecule has 126 valence electrons. The predicted molar refractivity (Wildman–Crippen MR) is 96.9 cm³/mol. The Balaban J connectivity index is 1.42. The number of ether oxygens (including phenoxy) is 2. The summed E-state index contributed by atoms with van der Waals surface area (Å²) in [6.45, 7) is 1.61. The minimum absolute atomic E-state index is 0.00578. The number of hydrogen-bond donors (Lipinski definition) is 1. The predicted octanol–water partition coefficient (Wildman–Crippen LogP) is 3.47. The van der Waals surface area contributed by atoms with Gasteiger partial charge >= 0.3 is 0 Å². The lowest BCUT2D eigenvalue weighted by Crippen LogP contribution is -2.24. The zero-order valence-electron chi connectivity index (χ0n) is 13.8. The van der Waals surface area contributed by atoms with Gasteiger partial charge in [-0.05, 0) is 34.0 Å². The molecule has 1 heterocycles. The molecule has 3 aromatic rings. The fraction of sp³-hybridized carbons (Fsp3) is 0.190. The lowest BCUT2D eigenvalue weighted by atomic mass is 10.0. The van der Waals surface area contributed by atoms with Crippen LogP contribution in [0.2, 0.25) is 0 Å². The monoisotopic (exact) mass is 333 g/mol. The largest absolute Gasteiger partial charge is 0.486 e. The second-order valence-electron chi connectivity index (χ2n) is 6.07. The molecule has 4 heteroatoms. The molecule has 1 aliphatic heterocycles. The SMILES string of the molecule is O=C(Cc1cccc2ccccc12)NCc1ccc2c(c1)OCCO2. The smallest absolute Gasteiger partial charge is 0.224 e. The van der Waals surface area contributed by atoms with Gasteiger partial charge in [-0.2, -0.15) is 0 Å². The maximum atomic E-state index is 12.4. The minimum atomic E-state index is 0.00578. The Kier molecular flexibility index (Phi) is 4.25. The average Bonchev–Trinajstić information content (AvgIpc) is 2.66. The van der Waals surface area contributed by atoms with E-state index in [0.29, 0.717) is 26.2 Å². The summed E-state index contributed by atoms with van der Waals surface area (Å²) in [6.07, 6.45) is 0.367. The van der Waals surface area contributed by atoms with Crippen LogP contribution >= 0.6 is 0 Å². The standard InChI is InChI=1S/C21H19NO3/c23-21(13-17-6-3-5-16-4-1-2-7-18(16)17)22-14-15-8-9-19-20(12-15)25-11-10-24-19/h1-9,12H,10-11,13-14H2,(H,22,23). The number of hydrogen-bond acceptors (Lipinski definition) is 3. The van der Waals surface area contributed by atoms with Gasteiger partial charge in [-0.1, -0.05) is 48.5 Å². The summed E-state index contributed by atoms with van der Waals surface area (Å²) < 4.78 is 11.1. The van der Waals surface area contributed by atoms with Crippen molar-refractivity contribution in [1.29, 1.82) is 0 Å². The third kappa shape index (κ3) is 3.43. The first-order valence-corrected chi connectivity index (χ1v) is 8.41. The van der Waals surface area contributed by atoms with Crippen LogP contribution in [0.25, 0.3) is 10.8 Å². The normalized spacial score (nSPS) is 12.8. The van der Waals surface area contributed by atoms with Gasteiger partial charge in [0.1, 0.15) is 13.2 Å². The van der Waals surface area contributed by atoms with E-state index < -0.39 is 0 Å². The molecule has 0 spiro atoms. The van der Waals surface area contributed by atoms with Gasteiger partial charge in [0, 0.05) is 6.54 Å². The summed E-state index contributed by atoms with van der Waals surface area (Å²) in [7, 11) is 0. The van der Waals surface area contributed by atoms with Gasteiger partial charge in [-0.3, -0.25) is 4.79 Å². The molecule has 4 rings (SSSR count). The molecular weight excluding hydrogens is 314 g/mol. The highest BCUT2D eigenvalue weighted by Crippen LogP contribution is 2.30. The van der Waals surface area contributed by atoms with Crippen molar-refractivity contribution in [2.45, 2.75) is 13.0 Å². The molecule has 4 nitrogen and oxygen atoms in total. The van der Waals surface area contributed by atoms with Crippen molar-refractivity contribution < 1.29 is 14.3 Å². The van der Waals surface area contributed by atoms with Crippen LogP contribution in [0.5, 0.6) is 11.5 Å². The van der Waals surface area contributed by atoms with Crippen LogP contribution in [0.1, 0.15) is 11.1 Å². The molecule has 0 saturated heterocycles. The molecular formula is C21H19NO3. The number of benzene rings is 3. The number of carbonyl (C=O) groups is 1. The molecule has 0 bridgehead atoms. The third-order valence-electron chi connectivity index (χ3n) is 4.33. The fourth-order valence-electron chi connectivity index (χ4n) is 3.08. The Hall–Kier alpha value is -3.01. The Bertz CT molecular complexity index is 915. The van der Waals surface area contributed by atoms with Gasteiger partial charge in [0.25, 0.3) is 0 Å². The second-order valence-corrected chi connectivity index (χ2v) is 6.07. The van der Waals surface area contributed by atoms with Crippen LogP contribution in [-0.2, 0) is 17.8 Å². The zero-order valence-corrected chi connectivity index (χ0v) is 13.8. The van der Waals surface area contributed by atoms with E-state index in [2.05, 4.69) is 23.5 Å². The summed E-state index contributed by atoms with van der Waals surface area (Å²) in [6, 6.07) is 19.9. The van der Waals surface area contributed by atoms with Gasteiger partial charge in [-0.15, -0.1) is 0 Å². The molecule has 1 aliphatic rings. The van der Waals surface area contributed by atoms with Gasteiger partial charge in [0.05, 0.1) is 6.42 Å². The van der Waals surface area contributed by atoms with Crippen molar-refractivity contribution in [2.24, 2.45) is 0 Å². The molecule has 25 heavy (non-hydrogen) atoms. The third-order valence-corrected chi connectivity index (χ3v) is 4.33. The molecule has 0 fully saturated rings. The minimum Gasteiger partial charge on any atom is -0.486 e. The van der Waals surface area contributed by atoms with Crippen LogP contribution in [0.15, 0.2) is 60.7 Å². The van der Waals surface area contributed by atoms with E-state index in [0.717, 1.165) is 33.4 Å². The number of nitrogens with one attached hydrogen (secondary N) is 1. The maximum Gasteiger partial charge on any atom is 0.224 e. The quantitative estimate of drug-likeness (QED) is 0.795. The van der Waals surface area contributed by atoms with E-state index >= 15 is 0 Å². The first-order chi connectivity index (χ1) is 12.3. The van der Waals surface area contributed by atoms with E-state index in [-0.39, 0.29) is 5.91 Å². The molecule has 1 N–H and O–H groups in total. The maximum absolute atomic E-state index is 12.4. The van der Waals surface area contributed by atoms with Crippen molar-refractivity contribution >= 4 is 16.7 Å². The first kappa shape index (κ1) is 15.5. The van der Waals surface area contributed by atoms with Crippen molar-refractivity contribution in [3.8, 4) is 11.5 Å². The van der Waals surface area contributed by atoms with Crippen molar-refractivity contribution in [3.63, 3.8) is 0 Å². The van der Waals surface area contributed by atoms with Crippen molar-refractivity contribution in [2.75, 3.05) is 13.2 Å². The first-order valence-electron chi connectivity index (χ1n) is 8.41. The highest BCUT2D eigenvalue weighted by Gasteiger charge is 2.12. The van der Waals surface area contributed by atoms with E-state index in [4.69, 9.17) is 9.47 Å². The van der Waals surface area contributed by atoms with Crippen LogP contribution in [0, 0.1) is 0 Å². The molecule has 0 aliphatic carbocycles. The highest BCUT2D eigenvalue weighted by molar-refractivity contribution is 5.90. The summed E-state index contributed by atoms with van der Waals surface area (Å²) in [5, 5.41) is 5.26. The summed E-state index contributed by atoms with van der Waals surface area (Å²) in [5.41, 5.74) is 2.04. The number of carbonyl (C=O) groups excluding carboxylic acids is 1. The molecule has 1 amide bonds. The van der Waals surface area contributed by atoms with Crippen LogP contribution in [-0.4, -0.2) is 19.1 Å². The summed E-state index contributed by atoms with van der Waals surface area (Å²) in [5.74, 6) is 1.51. The Morgan fingerprint density at radius 1 is 0.920 bits per heavy atom. The zero-order chi connectivity index (χ0) is 17.1. The molecule has 0 saturated carbocycles. The lowest BCUT2D eigenvalue weighted by molar-refractivity contribution is -0.120. The van der Waals surface area contributed by atoms with Crippen LogP contribution in [0.4, 0.5) is 0 Å². The lowest BCUT2D eigenvalue weighted by Gasteiger charge is -2.19. The van der Waals surface area contributed by atoms with Gasteiger partial charge < -0.3 is 14.8 Å². The Labute approximate surface area is 146 Å². The van der Waals surface area contributed by atoms with Gasteiger partial charge in [0.15, 0.2) is 11.5 Å². The van der Waals surface area contributed by atoms with Crippen molar-refractivity contribution in [3.05, 3.63) is 71.8 Å². The van der Waals surface area contributed by atoms with E-state index in [9.17, 15) is 4.79 Å². The fourth-order valence-corrected chi connectivity index (χ4v) is 3.08. The molecule has 3 aromatic carbocycles.